The lowest BCUT2D eigenvalue weighted by Gasteiger charge is -2.47. The van der Waals surface area contributed by atoms with E-state index in [1.807, 2.05) is 6.07 Å². The molecule has 1 aromatic rings. The second kappa shape index (κ2) is 6.22. The van der Waals surface area contributed by atoms with Crippen molar-refractivity contribution in [3.05, 3.63) is 23.8 Å². The Bertz CT molecular complexity index is 480. The number of rotatable bonds is 4. The average Bonchev–Trinajstić information content (AvgIpc) is 2.48. The lowest BCUT2D eigenvalue weighted by atomic mass is 9.90. The molecule has 5 heteroatoms. The summed E-state index contributed by atoms with van der Waals surface area (Å²) in [6.45, 7) is 2.49. The monoisotopic (exact) mass is 292 g/mol. The van der Waals surface area contributed by atoms with Gasteiger partial charge in [-0.2, -0.15) is 0 Å². The minimum absolute atomic E-state index is 0.311. The first kappa shape index (κ1) is 14.6. The quantitative estimate of drug-likeness (QED) is 0.909. The van der Waals surface area contributed by atoms with Crippen molar-refractivity contribution in [1.29, 1.82) is 0 Å². The maximum absolute atomic E-state index is 6.15. The molecular formula is C16H24N2O3. The summed E-state index contributed by atoms with van der Waals surface area (Å²) in [5.41, 5.74) is 7.38. The number of methoxy groups -OCH3 is 2. The second-order valence-electron chi connectivity index (χ2n) is 5.94. The summed E-state index contributed by atoms with van der Waals surface area (Å²) in [7, 11) is 3.33. The number of nitrogens with zero attached hydrogens (tertiary/aromatic N) is 1. The molecule has 1 aromatic carbocycles. The van der Waals surface area contributed by atoms with Crippen LogP contribution in [0, 0.1) is 0 Å². The van der Waals surface area contributed by atoms with Gasteiger partial charge in [0.25, 0.3) is 0 Å². The number of morpholine rings is 1. The van der Waals surface area contributed by atoms with Gasteiger partial charge in [0.15, 0.2) is 11.5 Å². The molecule has 0 saturated carbocycles. The summed E-state index contributed by atoms with van der Waals surface area (Å²) in [4.78, 5) is 2.54. The molecular weight excluding hydrogens is 268 g/mol. The lowest BCUT2D eigenvalue weighted by molar-refractivity contribution is -0.0819. The van der Waals surface area contributed by atoms with Crippen molar-refractivity contribution in [3.63, 3.8) is 0 Å². The van der Waals surface area contributed by atoms with Crippen molar-refractivity contribution in [2.45, 2.75) is 37.5 Å². The van der Waals surface area contributed by atoms with Crippen LogP contribution < -0.4 is 15.2 Å². The van der Waals surface area contributed by atoms with Crippen LogP contribution in [-0.2, 0) is 11.3 Å². The summed E-state index contributed by atoms with van der Waals surface area (Å²) < 4.78 is 16.4. The van der Waals surface area contributed by atoms with Crippen LogP contribution in [0.5, 0.6) is 11.5 Å². The molecule has 2 N–H and O–H groups in total. The molecule has 0 aliphatic carbocycles. The lowest BCUT2D eigenvalue weighted by Crippen LogP contribution is -2.58. The fourth-order valence-electron chi connectivity index (χ4n) is 3.48. The number of nitrogens with two attached hydrogens (primary N) is 1. The number of ether oxygens (including phenoxy) is 3. The van der Waals surface area contributed by atoms with Crippen LogP contribution in [0.2, 0.25) is 0 Å². The van der Waals surface area contributed by atoms with Gasteiger partial charge >= 0.3 is 0 Å². The van der Waals surface area contributed by atoms with Crippen LogP contribution in [0.15, 0.2) is 18.2 Å². The zero-order valence-corrected chi connectivity index (χ0v) is 12.7. The first-order chi connectivity index (χ1) is 10.2. The van der Waals surface area contributed by atoms with Crippen molar-refractivity contribution in [2.75, 3.05) is 27.4 Å². The largest absolute Gasteiger partial charge is 0.493 e. The van der Waals surface area contributed by atoms with E-state index in [0.717, 1.165) is 44.1 Å². The third kappa shape index (κ3) is 3.00. The molecule has 2 fully saturated rings. The number of fused-ring (bicyclic) bond motifs is 2. The van der Waals surface area contributed by atoms with Gasteiger partial charge in [0.05, 0.1) is 27.4 Å². The van der Waals surface area contributed by atoms with E-state index in [1.165, 1.54) is 5.56 Å². The van der Waals surface area contributed by atoms with Gasteiger partial charge in [-0.1, -0.05) is 6.07 Å². The van der Waals surface area contributed by atoms with Crippen molar-refractivity contribution in [3.8, 4) is 11.5 Å². The molecule has 0 spiro atoms. The second-order valence-corrected chi connectivity index (χ2v) is 5.94. The molecule has 2 aliphatic heterocycles. The van der Waals surface area contributed by atoms with Gasteiger partial charge in [-0.15, -0.1) is 0 Å². The SMILES string of the molecule is COc1ccc(CN2C3COCC2CC(N)C3)cc1OC. The molecule has 116 valence electrons. The fraction of sp³-hybridized carbons (Fsp3) is 0.625. The molecule has 0 radical (unpaired) electrons. The normalized spacial score (nSPS) is 29.2. The zero-order valence-electron chi connectivity index (χ0n) is 12.7. The minimum atomic E-state index is 0.311. The van der Waals surface area contributed by atoms with E-state index in [0.29, 0.717) is 18.1 Å². The van der Waals surface area contributed by atoms with E-state index in [4.69, 9.17) is 19.9 Å². The number of hydrogen-bond acceptors (Lipinski definition) is 5. The molecule has 21 heavy (non-hydrogen) atoms. The standard InChI is InChI=1S/C16H24N2O3/c1-19-15-4-3-11(5-16(15)20-2)8-18-13-6-12(17)7-14(18)10-21-9-13/h3-5,12-14H,6-10,17H2,1-2H3. The first-order valence-electron chi connectivity index (χ1n) is 7.51. The number of hydrogen-bond donors (Lipinski definition) is 1. The Morgan fingerprint density at radius 2 is 1.81 bits per heavy atom. The van der Waals surface area contributed by atoms with Gasteiger partial charge in [0.1, 0.15) is 0 Å². The highest BCUT2D eigenvalue weighted by Crippen LogP contribution is 2.32. The van der Waals surface area contributed by atoms with E-state index < -0.39 is 0 Å². The minimum Gasteiger partial charge on any atom is -0.493 e. The summed E-state index contributed by atoms with van der Waals surface area (Å²) in [5, 5.41) is 0. The van der Waals surface area contributed by atoms with E-state index in [9.17, 15) is 0 Å². The van der Waals surface area contributed by atoms with Gasteiger partial charge in [-0.3, -0.25) is 4.90 Å². The topological polar surface area (TPSA) is 57.0 Å². The molecule has 2 saturated heterocycles. The van der Waals surface area contributed by atoms with Crippen molar-refractivity contribution in [1.82, 2.24) is 4.90 Å². The van der Waals surface area contributed by atoms with Crippen molar-refractivity contribution in [2.24, 2.45) is 5.73 Å². The molecule has 0 amide bonds. The summed E-state index contributed by atoms with van der Waals surface area (Å²) in [6, 6.07) is 7.30. The highest BCUT2D eigenvalue weighted by atomic mass is 16.5. The third-order valence-electron chi connectivity index (χ3n) is 4.52. The molecule has 2 aliphatic rings. The van der Waals surface area contributed by atoms with Crippen LogP contribution in [0.25, 0.3) is 0 Å². The first-order valence-corrected chi connectivity index (χ1v) is 7.51. The van der Waals surface area contributed by atoms with Gasteiger partial charge in [0, 0.05) is 24.7 Å². The molecule has 2 unspecified atom stereocenters. The van der Waals surface area contributed by atoms with Crippen molar-refractivity contribution < 1.29 is 14.2 Å². The molecule has 2 bridgehead atoms. The number of benzene rings is 1. The molecule has 3 rings (SSSR count). The fourth-order valence-corrected chi connectivity index (χ4v) is 3.48. The smallest absolute Gasteiger partial charge is 0.161 e. The summed E-state index contributed by atoms with van der Waals surface area (Å²) in [6.07, 6.45) is 2.04. The summed E-state index contributed by atoms with van der Waals surface area (Å²) in [5.74, 6) is 1.55. The molecule has 5 nitrogen and oxygen atoms in total. The zero-order chi connectivity index (χ0) is 14.8. The van der Waals surface area contributed by atoms with E-state index in [2.05, 4.69) is 17.0 Å². The Morgan fingerprint density at radius 3 is 2.43 bits per heavy atom. The van der Waals surface area contributed by atoms with Gasteiger partial charge in [-0.05, 0) is 30.5 Å². The highest BCUT2D eigenvalue weighted by Gasteiger charge is 2.37. The predicted octanol–water partition coefficient (Wildman–Crippen LogP) is 1.39. The molecule has 2 atom stereocenters. The molecule has 2 heterocycles. The van der Waals surface area contributed by atoms with Crippen LogP contribution in [0.4, 0.5) is 0 Å². The Labute approximate surface area is 126 Å². The molecule has 0 aromatic heterocycles. The Hall–Kier alpha value is -1.30. The Morgan fingerprint density at radius 1 is 1.14 bits per heavy atom. The van der Waals surface area contributed by atoms with E-state index in [1.54, 1.807) is 14.2 Å². The summed E-state index contributed by atoms with van der Waals surface area (Å²) >= 11 is 0. The van der Waals surface area contributed by atoms with E-state index in [-0.39, 0.29) is 0 Å². The average molecular weight is 292 g/mol. The van der Waals surface area contributed by atoms with Crippen LogP contribution in [-0.4, -0.2) is 50.5 Å². The predicted molar refractivity (Wildman–Crippen MR) is 80.7 cm³/mol. The van der Waals surface area contributed by atoms with Crippen molar-refractivity contribution >= 4 is 0 Å². The number of piperidine rings is 1. The van der Waals surface area contributed by atoms with Gasteiger partial charge in [-0.25, -0.2) is 0 Å². The van der Waals surface area contributed by atoms with Crippen LogP contribution >= 0.6 is 0 Å². The van der Waals surface area contributed by atoms with Crippen LogP contribution in [0.3, 0.4) is 0 Å². The Kier molecular flexibility index (Phi) is 4.33. The van der Waals surface area contributed by atoms with Gasteiger partial charge < -0.3 is 19.9 Å². The van der Waals surface area contributed by atoms with Crippen LogP contribution in [0.1, 0.15) is 18.4 Å². The van der Waals surface area contributed by atoms with E-state index >= 15 is 0 Å². The Balaban J connectivity index is 1.77. The third-order valence-corrected chi connectivity index (χ3v) is 4.52. The maximum atomic E-state index is 6.15. The highest BCUT2D eigenvalue weighted by molar-refractivity contribution is 5.42. The van der Waals surface area contributed by atoms with Gasteiger partial charge in [0.2, 0.25) is 0 Å². The maximum Gasteiger partial charge on any atom is 0.161 e.